The highest BCUT2D eigenvalue weighted by molar-refractivity contribution is 5.92. The fraction of sp³-hybridized carbons (Fsp3) is 0.556. The Morgan fingerprint density at radius 2 is 2.36 bits per heavy atom. The molecule has 0 saturated carbocycles. The molecule has 0 aromatic carbocycles. The second-order valence-electron chi connectivity index (χ2n) is 3.50. The minimum Gasteiger partial charge on any atom is -0.293 e. The van der Waals surface area contributed by atoms with Crippen molar-refractivity contribution in [2.75, 3.05) is 0 Å². The Labute approximate surface area is 79.7 Å². The number of nitrogens with zero attached hydrogens (tertiary/aromatic N) is 2. The summed E-state index contributed by atoms with van der Waals surface area (Å²) in [7, 11) is 0. The number of carbonyl (C=O) groups is 1. The molecule has 76 valence electrons. The molecule has 2 rings (SSSR count). The van der Waals surface area contributed by atoms with Crippen molar-refractivity contribution in [3.8, 4) is 0 Å². The molecule has 0 bridgehead atoms. The van der Waals surface area contributed by atoms with Gasteiger partial charge in [0, 0.05) is 19.9 Å². The number of aryl methyl sites for hydroxylation is 1. The first-order valence-electron chi connectivity index (χ1n) is 4.48. The predicted molar refractivity (Wildman–Crippen MR) is 45.4 cm³/mol. The summed E-state index contributed by atoms with van der Waals surface area (Å²) < 4.78 is 27.8. The minimum absolute atomic E-state index is 0.126. The highest BCUT2D eigenvalue weighted by atomic mass is 19.3. The Kier molecular flexibility index (Phi) is 1.90. The molecule has 0 amide bonds. The second kappa shape index (κ2) is 2.87. The maximum absolute atomic E-state index is 13.3. The van der Waals surface area contributed by atoms with Gasteiger partial charge in [0.2, 0.25) is 0 Å². The van der Waals surface area contributed by atoms with Crippen LogP contribution in [-0.2, 0) is 12.5 Å². The molecule has 0 aliphatic carbocycles. The van der Waals surface area contributed by atoms with Gasteiger partial charge in [-0.15, -0.1) is 0 Å². The largest absolute Gasteiger partial charge is 0.293 e. The van der Waals surface area contributed by atoms with Gasteiger partial charge in [-0.3, -0.25) is 9.48 Å². The highest BCUT2D eigenvalue weighted by Gasteiger charge is 2.38. The normalized spacial score (nSPS) is 19.1. The third-order valence-electron chi connectivity index (χ3n) is 2.38. The number of ketones is 1. The van der Waals surface area contributed by atoms with Gasteiger partial charge in [0.25, 0.3) is 5.92 Å². The summed E-state index contributed by atoms with van der Waals surface area (Å²) in [5, 5.41) is 3.83. The number of hydrogen-bond acceptors (Lipinski definition) is 2. The fourth-order valence-electron chi connectivity index (χ4n) is 1.63. The van der Waals surface area contributed by atoms with Crippen molar-refractivity contribution in [1.82, 2.24) is 9.78 Å². The molecule has 0 fully saturated rings. The maximum Gasteiger partial charge on any atom is 0.289 e. The monoisotopic (exact) mass is 200 g/mol. The van der Waals surface area contributed by atoms with E-state index in [9.17, 15) is 13.6 Å². The molecule has 14 heavy (non-hydrogen) atoms. The van der Waals surface area contributed by atoms with E-state index >= 15 is 0 Å². The van der Waals surface area contributed by atoms with Crippen LogP contribution in [0.25, 0.3) is 0 Å². The maximum atomic E-state index is 13.3. The lowest BCUT2D eigenvalue weighted by Crippen LogP contribution is -2.25. The standard InChI is InChI=1S/C9H10F2N2O/c1-6(14)7-5-8-9(10,11)3-2-4-13(8)12-7/h5H,2-4H2,1H3. The molecule has 0 saturated heterocycles. The van der Waals surface area contributed by atoms with Gasteiger partial charge in [-0.05, 0) is 12.5 Å². The van der Waals surface area contributed by atoms with Crippen LogP contribution in [0, 0.1) is 0 Å². The zero-order valence-electron chi connectivity index (χ0n) is 7.76. The Morgan fingerprint density at radius 1 is 1.64 bits per heavy atom. The molecule has 1 aromatic rings. The summed E-state index contributed by atoms with van der Waals surface area (Å²) >= 11 is 0. The molecular formula is C9H10F2N2O. The quantitative estimate of drug-likeness (QED) is 0.649. The van der Waals surface area contributed by atoms with E-state index in [-0.39, 0.29) is 23.6 Å². The molecule has 0 radical (unpaired) electrons. The Morgan fingerprint density at radius 3 is 2.93 bits per heavy atom. The molecule has 3 nitrogen and oxygen atoms in total. The van der Waals surface area contributed by atoms with Gasteiger partial charge in [-0.2, -0.15) is 13.9 Å². The topological polar surface area (TPSA) is 34.9 Å². The molecule has 0 atom stereocenters. The fourth-order valence-corrected chi connectivity index (χ4v) is 1.63. The lowest BCUT2D eigenvalue weighted by atomic mass is 10.1. The van der Waals surface area contributed by atoms with Crippen LogP contribution in [0.4, 0.5) is 8.78 Å². The number of hydrogen-bond donors (Lipinski definition) is 0. The van der Waals surface area contributed by atoms with Gasteiger partial charge in [-0.1, -0.05) is 0 Å². The van der Waals surface area contributed by atoms with Crippen molar-refractivity contribution in [1.29, 1.82) is 0 Å². The van der Waals surface area contributed by atoms with Crippen LogP contribution in [0.3, 0.4) is 0 Å². The number of halogens is 2. The van der Waals surface area contributed by atoms with Crippen LogP contribution in [0.1, 0.15) is 35.9 Å². The summed E-state index contributed by atoms with van der Waals surface area (Å²) in [6.45, 7) is 1.80. The molecule has 0 unspecified atom stereocenters. The summed E-state index contributed by atoms with van der Waals surface area (Å²) in [5.74, 6) is -3.11. The summed E-state index contributed by atoms with van der Waals surface area (Å²) in [4.78, 5) is 11.0. The lowest BCUT2D eigenvalue weighted by molar-refractivity contribution is -0.0364. The van der Waals surface area contributed by atoms with E-state index in [0.29, 0.717) is 13.0 Å². The molecule has 1 aliphatic rings. The third kappa shape index (κ3) is 1.32. The average Bonchev–Trinajstić information content (AvgIpc) is 2.48. The number of Topliss-reactive ketones (excluding diaryl/α,β-unsaturated/α-hetero) is 1. The Hall–Kier alpha value is -1.26. The predicted octanol–water partition coefficient (Wildman–Crippen LogP) is 1.97. The van der Waals surface area contributed by atoms with E-state index in [0.717, 1.165) is 0 Å². The Bertz CT molecular complexity index is 384. The van der Waals surface area contributed by atoms with E-state index in [1.165, 1.54) is 17.7 Å². The number of aromatic nitrogens is 2. The SMILES string of the molecule is CC(=O)c1cc2n(n1)CCCC2(F)F. The van der Waals surface area contributed by atoms with Crippen molar-refractivity contribution in [2.45, 2.75) is 32.2 Å². The van der Waals surface area contributed by atoms with Crippen molar-refractivity contribution in [3.63, 3.8) is 0 Å². The molecule has 2 heterocycles. The summed E-state index contributed by atoms with van der Waals surface area (Å²) in [5.41, 5.74) is -0.00414. The van der Waals surface area contributed by atoms with E-state index in [1.54, 1.807) is 0 Å². The molecule has 1 aliphatic heterocycles. The van der Waals surface area contributed by atoms with Crippen molar-refractivity contribution in [2.24, 2.45) is 0 Å². The molecule has 1 aromatic heterocycles. The molecular weight excluding hydrogens is 190 g/mol. The van der Waals surface area contributed by atoms with Crippen LogP contribution in [0.2, 0.25) is 0 Å². The summed E-state index contributed by atoms with van der Waals surface area (Å²) in [6, 6.07) is 1.20. The molecule has 0 spiro atoms. The van der Waals surface area contributed by atoms with Crippen LogP contribution >= 0.6 is 0 Å². The summed E-state index contributed by atoms with van der Waals surface area (Å²) in [6.07, 6.45) is 0.245. The lowest BCUT2D eigenvalue weighted by Gasteiger charge is -2.22. The highest BCUT2D eigenvalue weighted by Crippen LogP contribution is 2.36. The van der Waals surface area contributed by atoms with Crippen LogP contribution in [-0.4, -0.2) is 15.6 Å². The van der Waals surface area contributed by atoms with Crippen molar-refractivity contribution >= 4 is 5.78 Å². The number of carbonyl (C=O) groups excluding carboxylic acids is 1. The third-order valence-corrected chi connectivity index (χ3v) is 2.38. The smallest absolute Gasteiger partial charge is 0.289 e. The van der Waals surface area contributed by atoms with E-state index in [4.69, 9.17) is 0 Å². The van der Waals surface area contributed by atoms with Gasteiger partial charge in [0.05, 0.1) is 0 Å². The molecule has 0 N–H and O–H groups in total. The number of fused-ring (bicyclic) bond motifs is 1. The van der Waals surface area contributed by atoms with E-state index in [1.807, 2.05) is 0 Å². The first kappa shape index (κ1) is 9.30. The van der Waals surface area contributed by atoms with Crippen LogP contribution in [0.5, 0.6) is 0 Å². The van der Waals surface area contributed by atoms with E-state index in [2.05, 4.69) is 5.10 Å². The van der Waals surface area contributed by atoms with Gasteiger partial charge in [-0.25, -0.2) is 0 Å². The van der Waals surface area contributed by atoms with Gasteiger partial charge in [0.15, 0.2) is 5.78 Å². The van der Waals surface area contributed by atoms with Gasteiger partial charge in [0.1, 0.15) is 11.4 Å². The first-order valence-corrected chi connectivity index (χ1v) is 4.48. The second-order valence-corrected chi connectivity index (χ2v) is 3.50. The zero-order valence-corrected chi connectivity index (χ0v) is 7.76. The zero-order chi connectivity index (χ0) is 10.3. The number of alkyl halides is 2. The first-order chi connectivity index (χ1) is 6.50. The average molecular weight is 200 g/mol. The van der Waals surface area contributed by atoms with Crippen molar-refractivity contribution < 1.29 is 13.6 Å². The minimum atomic E-state index is -2.83. The Balaban J connectivity index is 2.49. The van der Waals surface area contributed by atoms with Gasteiger partial charge >= 0.3 is 0 Å². The van der Waals surface area contributed by atoms with E-state index < -0.39 is 5.92 Å². The molecule has 5 heteroatoms. The van der Waals surface area contributed by atoms with Crippen LogP contribution in [0.15, 0.2) is 6.07 Å². The van der Waals surface area contributed by atoms with Crippen molar-refractivity contribution in [3.05, 3.63) is 17.5 Å². The number of rotatable bonds is 1. The van der Waals surface area contributed by atoms with Gasteiger partial charge < -0.3 is 0 Å². The van der Waals surface area contributed by atoms with Crippen LogP contribution < -0.4 is 0 Å².